The summed E-state index contributed by atoms with van der Waals surface area (Å²) in [7, 11) is 0. The molecule has 0 unspecified atom stereocenters. The number of amides is 1. The average Bonchev–Trinajstić information content (AvgIpc) is 3.07. The van der Waals surface area contributed by atoms with Gasteiger partial charge in [-0.15, -0.1) is 6.42 Å². The van der Waals surface area contributed by atoms with Gasteiger partial charge in [0.25, 0.3) is 5.24 Å². The van der Waals surface area contributed by atoms with E-state index >= 15 is 0 Å². The number of amidine groups is 1. The first-order valence-electron chi connectivity index (χ1n) is 9.61. The fourth-order valence-corrected chi connectivity index (χ4v) is 4.67. The number of rotatable bonds is 4. The molecule has 4 nitrogen and oxygen atoms in total. The van der Waals surface area contributed by atoms with E-state index < -0.39 is 0 Å². The maximum absolute atomic E-state index is 11.7. The zero-order valence-electron chi connectivity index (χ0n) is 15.7. The number of terminal acetylenes is 1. The summed E-state index contributed by atoms with van der Waals surface area (Å²) in [6.07, 6.45) is 9.66. The van der Waals surface area contributed by atoms with E-state index in [9.17, 15) is 4.79 Å². The monoisotopic (exact) mass is 389 g/mol. The molecule has 2 aromatic carbocycles. The number of hydrogen-bond donors (Lipinski definition) is 1. The highest BCUT2D eigenvalue weighted by Crippen LogP contribution is 2.30. The number of carbonyl (C=O) groups is 1. The van der Waals surface area contributed by atoms with E-state index in [1.165, 1.54) is 28.1 Å². The van der Waals surface area contributed by atoms with Crippen molar-refractivity contribution in [2.75, 3.05) is 19.6 Å². The Morgan fingerprint density at radius 1 is 1.21 bits per heavy atom. The zero-order valence-corrected chi connectivity index (χ0v) is 16.5. The third kappa shape index (κ3) is 4.30. The van der Waals surface area contributed by atoms with Gasteiger partial charge in [0.15, 0.2) is 0 Å². The van der Waals surface area contributed by atoms with Gasteiger partial charge >= 0.3 is 0 Å². The quantitative estimate of drug-likeness (QED) is 0.787. The van der Waals surface area contributed by atoms with Crippen LogP contribution in [0.2, 0.25) is 0 Å². The summed E-state index contributed by atoms with van der Waals surface area (Å²) >= 11 is 1.22. The van der Waals surface area contributed by atoms with Crippen LogP contribution in [0.3, 0.4) is 0 Å². The molecule has 2 heterocycles. The Bertz CT molecular complexity index is 976. The minimum Gasteiger partial charge on any atom is -0.300 e. The van der Waals surface area contributed by atoms with Gasteiger partial charge < -0.3 is 5.32 Å². The highest BCUT2D eigenvalue weighted by atomic mass is 32.2. The molecule has 0 saturated carbocycles. The van der Waals surface area contributed by atoms with Gasteiger partial charge in [-0.2, -0.15) is 0 Å². The van der Waals surface area contributed by atoms with Crippen LogP contribution >= 0.6 is 11.8 Å². The maximum Gasteiger partial charge on any atom is 0.289 e. The van der Waals surface area contributed by atoms with Gasteiger partial charge in [0.1, 0.15) is 12.4 Å². The fourth-order valence-electron chi connectivity index (χ4n) is 3.85. The van der Waals surface area contributed by atoms with Crippen LogP contribution in [-0.4, -0.2) is 35.6 Å². The average molecular weight is 390 g/mol. The summed E-state index contributed by atoms with van der Waals surface area (Å²) < 4.78 is 0. The predicted molar refractivity (Wildman–Crippen MR) is 117 cm³/mol. The molecule has 1 amide bonds. The van der Waals surface area contributed by atoms with E-state index in [-0.39, 0.29) is 11.8 Å². The molecule has 0 bridgehead atoms. The van der Waals surface area contributed by atoms with Crippen molar-refractivity contribution in [3.05, 3.63) is 59.0 Å². The molecule has 2 aliphatic rings. The number of aliphatic imine (C=N–C) groups is 1. The van der Waals surface area contributed by atoms with E-state index in [2.05, 4.69) is 69.7 Å². The lowest BCUT2D eigenvalue weighted by Gasteiger charge is -2.31. The Morgan fingerprint density at radius 2 is 2.00 bits per heavy atom. The smallest absolute Gasteiger partial charge is 0.289 e. The number of fused-ring (bicyclic) bond motifs is 1. The van der Waals surface area contributed by atoms with Gasteiger partial charge in [-0.05, 0) is 59.9 Å². The number of likely N-dealkylation sites (tertiary alicyclic amines) is 1. The second-order valence-electron chi connectivity index (χ2n) is 7.17. The van der Waals surface area contributed by atoms with Gasteiger partial charge in [0.2, 0.25) is 0 Å². The van der Waals surface area contributed by atoms with Gasteiger partial charge in [-0.3, -0.25) is 14.7 Å². The third-order valence-electron chi connectivity index (χ3n) is 5.28. The SMILES string of the molecule is C#CCN=C1NC(=O)S/C1=C\C1CCN(Cc2cccc3ccccc23)CC1. The highest BCUT2D eigenvalue weighted by Gasteiger charge is 2.26. The molecule has 0 atom stereocenters. The molecule has 1 N–H and O–H groups in total. The molecule has 4 rings (SSSR count). The molecular weight excluding hydrogens is 366 g/mol. The Kier molecular flexibility index (Phi) is 5.80. The minimum absolute atomic E-state index is 0.0737. The van der Waals surface area contributed by atoms with Crippen LogP contribution in [0.5, 0.6) is 0 Å². The number of hydrogen-bond acceptors (Lipinski definition) is 4. The molecule has 0 radical (unpaired) electrons. The summed E-state index contributed by atoms with van der Waals surface area (Å²) in [5.74, 6) is 3.59. The minimum atomic E-state index is -0.0737. The van der Waals surface area contributed by atoms with Gasteiger partial charge in [0.05, 0.1) is 4.91 Å². The van der Waals surface area contributed by atoms with E-state index in [1.54, 1.807) is 0 Å². The fraction of sp³-hybridized carbons (Fsp3) is 0.304. The van der Waals surface area contributed by atoms with Crippen LogP contribution in [0.1, 0.15) is 18.4 Å². The van der Waals surface area contributed by atoms with Gasteiger partial charge in [0, 0.05) is 6.54 Å². The van der Waals surface area contributed by atoms with Crippen LogP contribution in [0.15, 0.2) is 58.4 Å². The van der Waals surface area contributed by atoms with E-state index in [0.29, 0.717) is 11.8 Å². The van der Waals surface area contributed by atoms with Gasteiger partial charge in [-0.25, -0.2) is 0 Å². The van der Waals surface area contributed by atoms with Crippen molar-refractivity contribution >= 4 is 33.6 Å². The third-order valence-corrected chi connectivity index (χ3v) is 6.11. The topological polar surface area (TPSA) is 44.7 Å². The Hall–Kier alpha value is -2.55. The summed E-state index contributed by atoms with van der Waals surface area (Å²) in [4.78, 5) is 19.4. The second kappa shape index (κ2) is 8.64. The molecule has 2 aromatic rings. The predicted octanol–water partition coefficient (Wildman–Crippen LogP) is 4.42. The van der Waals surface area contributed by atoms with Crippen LogP contribution in [-0.2, 0) is 6.54 Å². The lowest BCUT2D eigenvalue weighted by molar-refractivity contribution is 0.196. The summed E-state index contributed by atoms with van der Waals surface area (Å²) in [6, 6.07) is 15.1. The molecule has 142 valence electrons. The van der Waals surface area contributed by atoms with Gasteiger partial charge in [-0.1, -0.05) is 54.5 Å². The first kappa shape index (κ1) is 18.8. The molecule has 0 aliphatic carbocycles. The first-order valence-corrected chi connectivity index (χ1v) is 10.4. The molecule has 2 aliphatic heterocycles. The lowest BCUT2D eigenvalue weighted by Crippen LogP contribution is -2.33. The standard InChI is InChI=1S/C23H23N3OS/c1-2-12-24-22-21(28-23(27)25-22)15-17-10-13-26(14-11-17)16-19-8-5-7-18-6-3-4-9-20(18)19/h1,3-9,15,17H,10-14,16H2,(H,24,25,27)/b21-15-. The molecule has 2 saturated heterocycles. The Balaban J connectivity index is 1.39. The molecule has 0 spiro atoms. The van der Waals surface area contributed by atoms with E-state index in [0.717, 1.165) is 37.4 Å². The van der Waals surface area contributed by atoms with Crippen molar-refractivity contribution in [3.8, 4) is 12.3 Å². The first-order chi connectivity index (χ1) is 13.7. The molecule has 0 aromatic heterocycles. The van der Waals surface area contributed by atoms with Crippen molar-refractivity contribution in [2.24, 2.45) is 10.9 Å². The number of allylic oxidation sites excluding steroid dienone is 1. The number of nitrogens with zero attached hydrogens (tertiary/aromatic N) is 2. The number of benzene rings is 2. The van der Waals surface area contributed by atoms with E-state index in [4.69, 9.17) is 6.42 Å². The normalized spacial score (nSPS) is 21.3. The Morgan fingerprint density at radius 3 is 2.82 bits per heavy atom. The summed E-state index contributed by atoms with van der Waals surface area (Å²) in [5.41, 5.74) is 1.39. The highest BCUT2D eigenvalue weighted by molar-refractivity contribution is 8.18. The van der Waals surface area contributed by atoms with Crippen molar-refractivity contribution < 1.29 is 4.79 Å². The number of piperidine rings is 1. The van der Waals surface area contributed by atoms with Crippen molar-refractivity contribution in [3.63, 3.8) is 0 Å². The molecule has 5 heteroatoms. The Labute approximate surface area is 170 Å². The largest absolute Gasteiger partial charge is 0.300 e. The van der Waals surface area contributed by atoms with Crippen molar-refractivity contribution in [2.45, 2.75) is 19.4 Å². The molecular formula is C23H23N3OS. The molecule has 2 fully saturated rings. The summed E-state index contributed by atoms with van der Waals surface area (Å²) in [5, 5.41) is 5.36. The van der Waals surface area contributed by atoms with Crippen LogP contribution in [0.25, 0.3) is 10.8 Å². The number of carbonyl (C=O) groups excluding carboxylic acids is 1. The van der Waals surface area contributed by atoms with Crippen LogP contribution in [0.4, 0.5) is 4.79 Å². The van der Waals surface area contributed by atoms with Crippen LogP contribution in [0, 0.1) is 18.3 Å². The number of thioether (sulfide) groups is 1. The molecule has 28 heavy (non-hydrogen) atoms. The van der Waals surface area contributed by atoms with Crippen LogP contribution < -0.4 is 5.32 Å². The maximum atomic E-state index is 11.7. The van der Waals surface area contributed by atoms with E-state index in [1.807, 2.05) is 0 Å². The summed E-state index contributed by atoms with van der Waals surface area (Å²) in [6.45, 7) is 3.38. The van der Waals surface area contributed by atoms with Crippen molar-refractivity contribution in [1.82, 2.24) is 10.2 Å². The zero-order chi connectivity index (χ0) is 19.3. The second-order valence-corrected chi connectivity index (χ2v) is 8.18. The van der Waals surface area contributed by atoms with Crippen molar-refractivity contribution in [1.29, 1.82) is 0 Å². The number of nitrogens with one attached hydrogen (secondary N) is 1. The lowest BCUT2D eigenvalue weighted by atomic mass is 9.95.